The van der Waals surface area contributed by atoms with Gasteiger partial charge in [0, 0.05) is 17.1 Å². The Morgan fingerprint density at radius 3 is 0.909 bits per heavy atom. The summed E-state index contributed by atoms with van der Waals surface area (Å²) in [5, 5.41) is 13.6. The monoisotopic (exact) mass is 226 g/mol. The van der Waals surface area contributed by atoms with Crippen molar-refractivity contribution >= 4 is 0 Å². The zero-order valence-corrected chi connectivity index (χ0v) is 6.27. The molecule has 0 atom stereocenters. The van der Waals surface area contributed by atoms with Crippen LogP contribution < -0.4 is 0 Å². The first-order chi connectivity index (χ1) is 1.73. The van der Waals surface area contributed by atoms with Crippen LogP contribution in [0.25, 0.3) is 0 Å². The van der Waals surface area contributed by atoms with E-state index in [4.69, 9.17) is 15.3 Å². The molecule has 0 bridgehead atoms. The van der Waals surface area contributed by atoms with Gasteiger partial charge in [0.15, 0.2) is 0 Å². The molecule has 0 fully saturated rings. The van der Waals surface area contributed by atoms with E-state index in [2.05, 4.69) is 0 Å². The fourth-order valence-corrected chi connectivity index (χ4v) is 0. The predicted octanol–water partition coefficient (Wildman–Crippen LogP) is -5.30. The van der Waals surface area contributed by atoms with Crippen LogP contribution in [0, 0.1) is 10.1 Å². The molecular formula is H13MnNO9. The second-order valence-electron chi connectivity index (χ2n) is 0.238. The first-order valence-electron chi connectivity index (χ1n) is 0.565. The van der Waals surface area contributed by atoms with E-state index in [1.807, 2.05) is 0 Å². The van der Waals surface area contributed by atoms with Crippen molar-refractivity contribution in [2.75, 3.05) is 0 Å². The molecule has 13 N–H and O–H groups in total. The predicted molar refractivity (Wildman–Crippen MR) is 30.5 cm³/mol. The van der Waals surface area contributed by atoms with Crippen molar-refractivity contribution in [1.82, 2.24) is 0 Å². The third-order valence-electron chi connectivity index (χ3n) is 0. The molecule has 0 aliphatic rings. The summed E-state index contributed by atoms with van der Waals surface area (Å²) in [6, 6.07) is 0. The van der Waals surface area contributed by atoms with Crippen molar-refractivity contribution < 1.29 is 60.2 Å². The Morgan fingerprint density at radius 2 is 0.909 bits per heavy atom. The van der Waals surface area contributed by atoms with Gasteiger partial charge in [0.1, 0.15) is 0 Å². The van der Waals surface area contributed by atoms with E-state index in [9.17, 15) is 0 Å². The minimum absolute atomic E-state index is 0. The quantitative estimate of drug-likeness (QED) is 0.241. The normalized spacial score (nSPS) is 2.18. The molecule has 0 saturated heterocycles. The van der Waals surface area contributed by atoms with Crippen molar-refractivity contribution in [2.45, 2.75) is 0 Å². The van der Waals surface area contributed by atoms with Crippen LogP contribution >= 0.6 is 0 Å². The summed E-state index contributed by atoms with van der Waals surface area (Å²) in [7, 11) is 0. The number of rotatable bonds is 0. The van der Waals surface area contributed by atoms with Gasteiger partial charge in [-0.1, -0.05) is 0 Å². The van der Waals surface area contributed by atoms with Gasteiger partial charge in [-0.15, -0.1) is 10.1 Å². The molecule has 0 aliphatic carbocycles. The fraction of sp³-hybridized carbons (Fsp3) is 0. The zero-order valence-electron chi connectivity index (χ0n) is 5.09. The minimum atomic E-state index is -1.50. The average Bonchev–Trinajstić information content (AvgIpc) is 0.811. The van der Waals surface area contributed by atoms with Gasteiger partial charge >= 0.3 is 0 Å². The zero-order chi connectivity index (χ0) is 3.58. The van der Waals surface area contributed by atoms with Crippen LogP contribution in [-0.2, 0) is 17.1 Å². The summed E-state index contributed by atoms with van der Waals surface area (Å²) in [4.78, 5) is 8.36. The van der Waals surface area contributed by atoms with E-state index in [0.717, 1.165) is 0 Å². The van der Waals surface area contributed by atoms with E-state index in [-0.39, 0.29) is 49.9 Å². The summed E-state index contributed by atoms with van der Waals surface area (Å²) in [6.07, 6.45) is 0. The molecule has 1 radical (unpaired) electrons. The van der Waals surface area contributed by atoms with Crippen molar-refractivity contribution in [3.63, 3.8) is 0 Å². The van der Waals surface area contributed by atoms with Gasteiger partial charge in [0.25, 0.3) is 5.09 Å². The molecule has 0 saturated carbocycles. The molecule has 0 unspecified atom stereocenters. The average molecular weight is 226 g/mol. The van der Waals surface area contributed by atoms with Gasteiger partial charge < -0.3 is 38.1 Å². The van der Waals surface area contributed by atoms with Crippen LogP contribution in [0.5, 0.6) is 0 Å². The molecule has 0 aromatic carbocycles. The van der Waals surface area contributed by atoms with Crippen LogP contribution in [0.1, 0.15) is 0 Å². The van der Waals surface area contributed by atoms with Gasteiger partial charge in [0.2, 0.25) is 0 Å². The van der Waals surface area contributed by atoms with Gasteiger partial charge in [-0.3, -0.25) is 0 Å². The first-order valence-corrected chi connectivity index (χ1v) is 0.565. The molecule has 0 rings (SSSR count). The van der Waals surface area contributed by atoms with E-state index >= 15 is 0 Å². The number of hydrogen-bond acceptors (Lipinski definition) is 2. The second-order valence-corrected chi connectivity index (χ2v) is 0.238. The molecule has 11 heavy (non-hydrogen) atoms. The molecular weight excluding hydrogens is 213 g/mol. The van der Waals surface area contributed by atoms with E-state index in [0.29, 0.717) is 0 Å². The maximum absolute atomic E-state index is 8.36. The Kier molecular flexibility index (Phi) is 1540. The van der Waals surface area contributed by atoms with Gasteiger partial charge in [0.05, 0.1) is 0 Å². The van der Waals surface area contributed by atoms with Crippen LogP contribution in [0.15, 0.2) is 0 Å². The Morgan fingerprint density at radius 1 is 0.909 bits per heavy atom. The summed E-state index contributed by atoms with van der Waals surface area (Å²) < 4.78 is 0. The molecule has 11 heteroatoms. The van der Waals surface area contributed by atoms with Gasteiger partial charge in [-0.2, -0.15) is 0 Å². The summed E-state index contributed by atoms with van der Waals surface area (Å²) >= 11 is 0. The van der Waals surface area contributed by atoms with Gasteiger partial charge in [-0.05, 0) is 0 Å². The maximum Gasteiger partial charge on any atom is 0.291 e. The van der Waals surface area contributed by atoms with Crippen LogP contribution in [0.4, 0.5) is 0 Å². The Balaban J connectivity index is -0.00000000214. The minimum Gasteiger partial charge on any atom is -0.412 e. The maximum atomic E-state index is 8.36. The molecule has 0 amide bonds. The molecule has 0 aromatic rings. The van der Waals surface area contributed by atoms with Crippen molar-refractivity contribution in [3.8, 4) is 0 Å². The van der Waals surface area contributed by atoms with Gasteiger partial charge in [-0.25, -0.2) is 0 Å². The van der Waals surface area contributed by atoms with Crippen LogP contribution in [0.3, 0.4) is 0 Å². The van der Waals surface area contributed by atoms with Crippen molar-refractivity contribution in [2.24, 2.45) is 0 Å². The standard InChI is InChI=1S/Mn.HNO3.6H2O/c;2-1(3)4;;;;;;/h;(H,2,3,4);6*1H2. The number of hydrogen-bond donors (Lipinski definition) is 1. The summed E-state index contributed by atoms with van der Waals surface area (Å²) in [5.41, 5.74) is 0. The Hall–Kier alpha value is -0.521. The Bertz CT molecular complexity index is 32.5. The third kappa shape index (κ3) is 1960. The SMILES string of the molecule is O.O.O.O.O.O.O=[N+]([O-])O.[Mn]. The molecule has 79 valence electrons. The smallest absolute Gasteiger partial charge is 0.291 e. The topological polar surface area (TPSA) is 252 Å². The molecule has 0 spiro atoms. The van der Waals surface area contributed by atoms with Crippen LogP contribution in [-0.4, -0.2) is 43.2 Å². The largest absolute Gasteiger partial charge is 0.412 e. The molecule has 0 aliphatic heterocycles. The van der Waals surface area contributed by atoms with E-state index < -0.39 is 5.09 Å². The third-order valence-corrected chi connectivity index (χ3v) is 0. The molecule has 0 heterocycles. The first kappa shape index (κ1) is 153. The van der Waals surface area contributed by atoms with E-state index in [1.54, 1.807) is 0 Å². The van der Waals surface area contributed by atoms with Crippen LogP contribution in [0.2, 0.25) is 0 Å². The Labute approximate surface area is 71.3 Å². The summed E-state index contributed by atoms with van der Waals surface area (Å²) in [6.45, 7) is 0. The summed E-state index contributed by atoms with van der Waals surface area (Å²) in [5.74, 6) is 0. The van der Waals surface area contributed by atoms with E-state index in [1.165, 1.54) is 0 Å². The second kappa shape index (κ2) is 111. The molecule has 10 nitrogen and oxygen atoms in total. The molecule has 0 aromatic heterocycles. The van der Waals surface area contributed by atoms with Crippen molar-refractivity contribution in [1.29, 1.82) is 0 Å². The number of nitrogens with zero attached hydrogens (tertiary/aromatic N) is 1. The fourth-order valence-electron chi connectivity index (χ4n) is 0. The van der Waals surface area contributed by atoms with Crippen molar-refractivity contribution in [3.05, 3.63) is 10.1 Å².